The van der Waals surface area contributed by atoms with Gasteiger partial charge in [0, 0.05) is 24.0 Å². The standard InChI is InChI=1S/C19H24N4O2.ClH/c1-13(2)22-19(25)23-17-9-5-15(6-10-17)12-21-18(24)11-14-3-7-16(20)8-4-14;/h3-10,13H,11-12,20H2,1-2H3,(H,21,24)(H2,22,23,25);1H. The van der Waals surface area contributed by atoms with E-state index < -0.39 is 0 Å². The molecule has 0 aromatic heterocycles. The van der Waals surface area contributed by atoms with Crippen molar-refractivity contribution in [2.45, 2.75) is 32.9 Å². The predicted molar refractivity (Wildman–Crippen MR) is 107 cm³/mol. The Morgan fingerprint density at radius 2 is 1.54 bits per heavy atom. The van der Waals surface area contributed by atoms with E-state index in [1.54, 1.807) is 24.3 Å². The van der Waals surface area contributed by atoms with E-state index in [1.807, 2.05) is 38.1 Å². The number of nitrogens with one attached hydrogen (secondary N) is 3. The molecule has 0 aliphatic heterocycles. The highest BCUT2D eigenvalue weighted by atomic mass is 35.5. The molecule has 0 aliphatic carbocycles. The van der Waals surface area contributed by atoms with Gasteiger partial charge in [-0.1, -0.05) is 24.3 Å². The van der Waals surface area contributed by atoms with Gasteiger partial charge in [0.25, 0.3) is 0 Å². The highest BCUT2D eigenvalue weighted by Crippen LogP contribution is 2.10. The summed E-state index contributed by atoms with van der Waals surface area (Å²) >= 11 is 0. The van der Waals surface area contributed by atoms with Crippen LogP contribution in [-0.4, -0.2) is 18.0 Å². The molecular formula is C19H25ClN4O2. The van der Waals surface area contributed by atoms with Crippen molar-refractivity contribution in [1.82, 2.24) is 10.6 Å². The number of carbonyl (C=O) groups is 2. The number of anilines is 2. The molecule has 0 saturated heterocycles. The number of hydrogen-bond donors (Lipinski definition) is 4. The zero-order chi connectivity index (χ0) is 18.2. The number of nitrogens with two attached hydrogens (primary N) is 1. The Hall–Kier alpha value is -2.73. The van der Waals surface area contributed by atoms with Gasteiger partial charge in [-0.05, 0) is 49.2 Å². The first-order valence-corrected chi connectivity index (χ1v) is 8.20. The second-order valence-corrected chi connectivity index (χ2v) is 6.15. The minimum atomic E-state index is -0.237. The van der Waals surface area contributed by atoms with Crippen molar-refractivity contribution in [3.63, 3.8) is 0 Å². The number of hydrogen-bond acceptors (Lipinski definition) is 3. The van der Waals surface area contributed by atoms with E-state index in [0.717, 1.165) is 11.1 Å². The van der Waals surface area contributed by atoms with Crippen molar-refractivity contribution in [2.75, 3.05) is 11.1 Å². The Kier molecular flexibility index (Phi) is 8.45. The van der Waals surface area contributed by atoms with Gasteiger partial charge in [0.1, 0.15) is 0 Å². The van der Waals surface area contributed by atoms with E-state index in [9.17, 15) is 9.59 Å². The van der Waals surface area contributed by atoms with Gasteiger partial charge in [-0.15, -0.1) is 12.4 Å². The third-order valence-electron chi connectivity index (χ3n) is 3.47. The predicted octanol–water partition coefficient (Wildman–Crippen LogP) is 3.08. The summed E-state index contributed by atoms with van der Waals surface area (Å²) in [5.74, 6) is -0.0525. The highest BCUT2D eigenvalue weighted by Gasteiger charge is 2.05. The average Bonchev–Trinajstić information content (AvgIpc) is 2.55. The normalized spacial score (nSPS) is 9.96. The number of carbonyl (C=O) groups excluding carboxylic acids is 2. The monoisotopic (exact) mass is 376 g/mol. The minimum absolute atomic E-state index is 0. The molecule has 0 fully saturated rings. The van der Waals surface area contributed by atoms with E-state index >= 15 is 0 Å². The van der Waals surface area contributed by atoms with E-state index in [4.69, 9.17) is 5.73 Å². The lowest BCUT2D eigenvalue weighted by atomic mass is 10.1. The third-order valence-corrected chi connectivity index (χ3v) is 3.47. The molecule has 6 nitrogen and oxygen atoms in total. The third kappa shape index (κ3) is 7.44. The van der Waals surface area contributed by atoms with Crippen molar-refractivity contribution < 1.29 is 9.59 Å². The van der Waals surface area contributed by atoms with Crippen molar-refractivity contribution in [1.29, 1.82) is 0 Å². The lowest BCUT2D eigenvalue weighted by molar-refractivity contribution is -0.120. The largest absolute Gasteiger partial charge is 0.399 e. The molecule has 2 rings (SSSR count). The molecule has 0 heterocycles. The summed E-state index contributed by atoms with van der Waals surface area (Å²) in [6.07, 6.45) is 0.315. The number of urea groups is 1. The van der Waals surface area contributed by atoms with Crippen LogP contribution in [0.3, 0.4) is 0 Å². The zero-order valence-electron chi connectivity index (χ0n) is 14.9. The van der Waals surface area contributed by atoms with Gasteiger partial charge in [-0.25, -0.2) is 4.79 Å². The molecule has 0 saturated carbocycles. The van der Waals surface area contributed by atoms with Crippen LogP contribution in [-0.2, 0) is 17.8 Å². The summed E-state index contributed by atoms with van der Waals surface area (Å²) in [5.41, 5.74) is 8.89. The van der Waals surface area contributed by atoms with Crippen LogP contribution in [0.5, 0.6) is 0 Å². The first-order chi connectivity index (χ1) is 11.9. The fraction of sp³-hybridized carbons (Fsp3) is 0.263. The van der Waals surface area contributed by atoms with Crippen LogP contribution < -0.4 is 21.7 Å². The number of benzene rings is 2. The highest BCUT2D eigenvalue weighted by molar-refractivity contribution is 5.89. The van der Waals surface area contributed by atoms with Crippen molar-refractivity contribution in [3.8, 4) is 0 Å². The molecule has 0 spiro atoms. The molecule has 26 heavy (non-hydrogen) atoms. The number of amides is 3. The van der Waals surface area contributed by atoms with Crippen LogP contribution in [0.15, 0.2) is 48.5 Å². The Labute approximate surface area is 160 Å². The van der Waals surface area contributed by atoms with E-state index in [1.165, 1.54) is 0 Å². The van der Waals surface area contributed by atoms with Crippen LogP contribution in [0.4, 0.5) is 16.2 Å². The van der Waals surface area contributed by atoms with Gasteiger partial charge < -0.3 is 21.7 Å². The van der Waals surface area contributed by atoms with Gasteiger partial charge in [0.15, 0.2) is 0 Å². The molecule has 2 aromatic carbocycles. The minimum Gasteiger partial charge on any atom is -0.399 e. The van der Waals surface area contributed by atoms with Crippen LogP contribution >= 0.6 is 12.4 Å². The van der Waals surface area contributed by atoms with Gasteiger partial charge >= 0.3 is 6.03 Å². The van der Waals surface area contributed by atoms with Crippen molar-refractivity contribution in [3.05, 3.63) is 59.7 Å². The first kappa shape index (κ1) is 21.3. The molecule has 7 heteroatoms. The summed E-state index contributed by atoms with van der Waals surface area (Å²) in [4.78, 5) is 23.6. The van der Waals surface area contributed by atoms with E-state index in [-0.39, 0.29) is 30.4 Å². The number of rotatable bonds is 6. The molecule has 0 radical (unpaired) electrons. The van der Waals surface area contributed by atoms with E-state index in [2.05, 4.69) is 16.0 Å². The average molecular weight is 377 g/mol. The SMILES string of the molecule is CC(C)NC(=O)Nc1ccc(CNC(=O)Cc2ccc(N)cc2)cc1.Cl. The van der Waals surface area contributed by atoms with Gasteiger partial charge in [-0.3, -0.25) is 4.79 Å². The summed E-state index contributed by atoms with van der Waals surface area (Å²) in [6.45, 7) is 4.23. The van der Waals surface area contributed by atoms with Gasteiger partial charge in [-0.2, -0.15) is 0 Å². The number of nitrogen functional groups attached to an aromatic ring is 1. The van der Waals surface area contributed by atoms with E-state index in [0.29, 0.717) is 24.3 Å². The first-order valence-electron chi connectivity index (χ1n) is 8.20. The second-order valence-electron chi connectivity index (χ2n) is 6.15. The second kappa shape index (κ2) is 10.3. The molecular weight excluding hydrogens is 352 g/mol. The topological polar surface area (TPSA) is 96.2 Å². The van der Waals surface area contributed by atoms with Crippen molar-refractivity contribution >= 4 is 35.7 Å². The number of halogens is 1. The zero-order valence-corrected chi connectivity index (χ0v) is 15.7. The van der Waals surface area contributed by atoms with Gasteiger partial charge in [0.2, 0.25) is 5.91 Å². The maximum atomic E-state index is 12.0. The lowest BCUT2D eigenvalue weighted by Crippen LogP contribution is -2.34. The Morgan fingerprint density at radius 1 is 0.962 bits per heavy atom. The summed E-state index contributed by atoms with van der Waals surface area (Å²) in [7, 11) is 0. The Morgan fingerprint density at radius 3 is 2.12 bits per heavy atom. The summed E-state index contributed by atoms with van der Waals surface area (Å²) in [6, 6.07) is 14.4. The molecule has 5 N–H and O–H groups in total. The van der Waals surface area contributed by atoms with Gasteiger partial charge in [0.05, 0.1) is 6.42 Å². The molecule has 2 aromatic rings. The smallest absolute Gasteiger partial charge is 0.319 e. The van der Waals surface area contributed by atoms with Crippen LogP contribution in [0.2, 0.25) is 0 Å². The molecule has 140 valence electrons. The molecule has 0 aliphatic rings. The Bertz CT molecular complexity index is 715. The molecule has 0 atom stereocenters. The fourth-order valence-electron chi connectivity index (χ4n) is 2.22. The molecule has 0 bridgehead atoms. The quantitative estimate of drug-likeness (QED) is 0.583. The fourth-order valence-corrected chi connectivity index (χ4v) is 2.22. The molecule has 3 amide bonds. The molecule has 0 unspecified atom stereocenters. The van der Waals surface area contributed by atoms with Crippen LogP contribution in [0.1, 0.15) is 25.0 Å². The van der Waals surface area contributed by atoms with Crippen LogP contribution in [0.25, 0.3) is 0 Å². The maximum Gasteiger partial charge on any atom is 0.319 e. The van der Waals surface area contributed by atoms with Crippen molar-refractivity contribution in [2.24, 2.45) is 0 Å². The summed E-state index contributed by atoms with van der Waals surface area (Å²) in [5, 5.41) is 8.39. The maximum absolute atomic E-state index is 12.0. The Balaban J connectivity index is 0.00000338. The summed E-state index contributed by atoms with van der Waals surface area (Å²) < 4.78 is 0. The van der Waals surface area contributed by atoms with Crippen LogP contribution in [0, 0.1) is 0 Å². The lowest BCUT2D eigenvalue weighted by Gasteiger charge is -2.11.